The molecular formula is C14H28N2O. The second-order valence-electron chi connectivity index (χ2n) is 7.09. The van der Waals surface area contributed by atoms with E-state index in [4.69, 9.17) is 0 Å². The zero-order valence-electron chi connectivity index (χ0n) is 11.9. The minimum absolute atomic E-state index is 0.541. The van der Waals surface area contributed by atoms with Gasteiger partial charge >= 0.3 is 0 Å². The summed E-state index contributed by atoms with van der Waals surface area (Å²) in [6.07, 6.45) is 2.68. The lowest BCUT2D eigenvalue weighted by Gasteiger charge is -2.55. The molecule has 0 aromatic heterocycles. The Labute approximate surface area is 106 Å². The Kier molecular flexibility index (Phi) is 3.54. The summed E-state index contributed by atoms with van der Waals surface area (Å²) in [7, 11) is 0. The Bertz CT molecular complexity index is 254. The summed E-state index contributed by atoms with van der Waals surface area (Å²) in [4.78, 5) is 4.99. The van der Waals surface area contributed by atoms with Crippen LogP contribution in [0.1, 0.15) is 40.5 Å². The van der Waals surface area contributed by atoms with Gasteiger partial charge in [-0.2, -0.15) is 0 Å². The largest absolute Gasteiger partial charge is 0.389 e. The number of nitrogens with zero attached hydrogens (tertiary/aromatic N) is 2. The summed E-state index contributed by atoms with van der Waals surface area (Å²) in [5.41, 5.74) is 0.0386. The van der Waals surface area contributed by atoms with E-state index < -0.39 is 5.60 Å². The van der Waals surface area contributed by atoms with Crippen LogP contribution in [-0.2, 0) is 0 Å². The van der Waals surface area contributed by atoms with Crippen LogP contribution in [0, 0.1) is 5.41 Å². The van der Waals surface area contributed by atoms with Gasteiger partial charge in [0, 0.05) is 25.7 Å². The van der Waals surface area contributed by atoms with Gasteiger partial charge in [-0.05, 0) is 59.0 Å². The molecule has 2 fully saturated rings. The Morgan fingerprint density at radius 3 is 2.12 bits per heavy atom. The number of hydrogen-bond donors (Lipinski definition) is 1. The monoisotopic (exact) mass is 240 g/mol. The van der Waals surface area contributed by atoms with Crippen molar-refractivity contribution in [1.82, 2.24) is 9.80 Å². The predicted molar refractivity (Wildman–Crippen MR) is 71.1 cm³/mol. The van der Waals surface area contributed by atoms with E-state index in [1.807, 2.05) is 13.8 Å². The van der Waals surface area contributed by atoms with Gasteiger partial charge in [0.05, 0.1) is 5.60 Å². The maximum absolute atomic E-state index is 9.80. The molecule has 0 amide bonds. The van der Waals surface area contributed by atoms with Crippen molar-refractivity contribution in [2.45, 2.75) is 52.2 Å². The molecule has 0 atom stereocenters. The van der Waals surface area contributed by atoms with Crippen molar-refractivity contribution in [2.24, 2.45) is 5.41 Å². The van der Waals surface area contributed by atoms with Gasteiger partial charge in [-0.25, -0.2) is 0 Å². The van der Waals surface area contributed by atoms with Crippen molar-refractivity contribution in [3.8, 4) is 0 Å². The number of hydrogen-bond acceptors (Lipinski definition) is 3. The molecule has 3 heteroatoms. The molecule has 0 bridgehead atoms. The third-order valence-electron chi connectivity index (χ3n) is 4.32. The van der Waals surface area contributed by atoms with Crippen LogP contribution >= 0.6 is 0 Å². The molecule has 2 aliphatic rings. The second-order valence-corrected chi connectivity index (χ2v) is 7.09. The van der Waals surface area contributed by atoms with Crippen LogP contribution in [0.3, 0.4) is 0 Å². The fraction of sp³-hybridized carbons (Fsp3) is 1.00. The van der Waals surface area contributed by atoms with Crippen molar-refractivity contribution in [3.05, 3.63) is 0 Å². The average molecular weight is 240 g/mol. The van der Waals surface area contributed by atoms with Crippen LogP contribution in [0.2, 0.25) is 0 Å². The van der Waals surface area contributed by atoms with Crippen LogP contribution in [0.25, 0.3) is 0 Å². The van der Waals surface area contributed by atoms with Gasteiger partial charge in [-0.1, -0.05) is 0 Å². The summed E-state index contributed by atoms with van der Waals surface area (Å²) in [5, 5.41) is 9.80. The number of piperidine rings is 1. The first kappa shape index (κ1) is 13.3. The van der Waals surface area contributed by atoms with Crippen LogP contribution in [-0.4, -0.2) is 59.3 Å². The molecule has 0 aromatic carbocycles. The SMILES string of the molecule is CC(C)N1CCC2(CC1)CN(CC(C)(C)O)C2. The zero-order valence-corrected chi connectivity index (χ0v) is 11.9. The Hall–Kier alpha value is -0.120. The fourth-order valence-corrected chi connectivity index (χ4v) is 3.39. The Morgan fingerprint density at radius 1 is 1.18 bits per heavy atom. The van der Waals surface area contributed by atoms with E-state index in [1.165, 1.54) is 39.0 Å². The molecule has 0 saturated carbocycles. The first-order valence-corrected chi connectivity index (χ1v) is 6.99. The number of rotatable bonds is 3. The molecule has 1 N–H and O–H groups in total. The molecule has 0 radical (unpaired) electrons. The maximum Gasteiger partial charge on any atom is 0.0718 e. The molecule has 0 aromatic rings. The molecule has 2 rings (SSSR count). The van der Waals surface area contributed by atoms with Crippen LogP contribution in [0.5, 0.6) is 0 Å². The highest BCUT2D eigenvalue weighted by molar-refractivity contribution is 4.99. The third kappa shape index (κ3) is 3.21. The highest BCUT2D eigenvalue weighted by Gasteiger charge is 2.45. The van der Waals surface area contributed by atoms with Gasteiger partial charge in [-0.3, -0.25) is 4.90 Å². The van der Waals surface area contributed by atoms with Crippen molar-refractivity contribution in [1.29, 1.82) is 0 Å². The van der Waals surface area contributed by atoms with E-state index in [0.29, 0.717) is 11.5 Å². The van der Waals surface area contributed by atoms with Gasteiger partial charge in [-0.15, -0.1) is 0 Å². The maximum atomic E-state index is 9.80. The fourth-order valence-electron chi connectivity index (χ4n) is 3.39. The summed E-state index contributed by atoms with van der Waals surface area (Å²) in [5.74, 6) is 0. The average Bonchev–Trinajstić information content (AvgIpc) is 2.13. The quantitative estimate of drug-likeness (QED) is 0.811. The van der Waals surface area contributed by atoms with Gasteiger partial charge in [0.1, 0.15) is 0 Å². The minimum Gasteiger partial charge on any atom is -0.389 e. The van der Waals surface area contributed by atoms with E-state index in [1.54, 1.807) is 0 Å². The smallest absolute Gasteiger partial charge is 0.0718 e. The van der Waals surface area contributed by atoms with Gasteiger partial charge < -0.3 is 10.0 Å². The molecule has 2 saturated heterocycles. The number of likely N-dealkylation sites (tertiary alicyclic amines) is 2. The first-order chi connectivity index (χ1) is 7.80. The molecule has 2 heterocycles. The third-order valence-corrected chi connectivity index (χ3v) is 4.32. The summed E-state index contributed by atoms with van der Waals surface area (Å²) >= 11 is 0. The van der Waals surface area contributed by atoms with Crippen LogP contribution in [0.15, 0.2) is 0 Å². The predicted octanol–water partition coefficient (Wildman–Crippen LogP) is 1.56. The standard InChI is InChI=1S/C14H28N2O/c1-12(2)16-7-5-14(6-8-16)10-15(11-14)9-13(3,4)17/h12,17H,5-11H2,1-4H3. The first-order valence-electron chi connectivity index (χ1n) is 6.99. The highest BCUT2D eigenvalue weighted by atomic mass is 16.3. The van der Waals surface area contributed by atoms with Gasteiger partial charge in [0.25, 0.3) is 0 Å². The van der Waals surface area contributed by atoms with Crippen molar-refractivity contribution in [3.63, 3.8) is 0 Å². The topological polar surface area (TPSA) is 26.7 Å². The molecule has 2 aliphatic heterocycles. The summed E-state index contributed by atoms with van der Waals surface area (Å²) in [6.45, 7) is 14.1. The Balaban J connectivity index is 1.76. The van der Waals surface area contributed by atoms with Crippen LogP contribution in [0.4, 0.5) is 0 Å². The minimum atomic E-state index is -0.541. The van der Waals surface area contributed by atoms with E-state index in [2.05, 4.69) is 23.6 Å². The Morgan fingerprint density at radius 2 is 1.71 bits per heavy atom. The van der Waals surface area contributed by atoms with Gasteiger partial charge in [0.2, 0.25) is 0 Å². The van der Waals surface area contributed by atoms with Gasteiger partial charge in [0.15, 0.2) is 0 Å². The van der Waals surface area contributed by atoms with E-state index in [9.17, 15) is 5.11 Å². The lowest BCUT2D eigenvalue weighted by Crippen LogP contribution is -2.62. The summed E-state index contributed by atoms with van der Waals surface area (Å²) in [6, 6.07) is 0.694. The molecule has 1 spiro atoms. The second kappa shape index (κ2) is 4.52. The number of β-amino-alcohol motifs (C(OH)–C–C–N with tert-alkyl or cyclic N) is 1. The van der Waals surface area contributed by atoms with E-state index in [0.717, 1.165) is 6.54 Å². The van der Waals surface area contributed by atoms with Crippen molar-refractivity contribution < 1.29 is 5.11 Å². The highest BCUT2D eigenvalue weighted by Crippen LogP contribution is 2.41. The van der Waals surface area contributed by atoms with Crippen LogP contribution < -0.4 is 0 Å². The molecule has 17 heavy (non-hydrogen) atoms. The molecular weight excluding hydrogens is 212 g/mol. The normalized spacial score (nSPS) is 26.5. The molecule has 3 nitrogen and oxygen atoms in total. The van der Waals surface area contributed by atoms with E-state index >= 15 is 0 Å². The van der Waals surface area contributed by atoms with Crippen molar-refractivity contribution in [2.75, 3.05) is 32.7 Å². The molecule has 100 valence electrons. The summed E-state index contributed by atoms with van der Waals surface area (Å²) < 4.78 is 0. The lowest BCUT2D eigenvalue weighted by atomic mass is 9.71. The lowest BCUT2D eigenvalue weighted by molar-refractivity contribution is -0.0830. The zero-order chi connectivity index (χ0) is 12.7. The molecule has 0 unspecified atom stereocenters. The van der Waals surface area contributed by atoms with Crippen molar-refractivity contribution >= 4 is 0 Å². The number of aliphatic hydroxyl groups is 1. The molecule has 0 aliphatic carbocycles. The van der Waals surface area contributed by atoms with E-state index in [-0.39, 0.29) is 0 Å².